The normalized spacial score (nSPS) is 17.1. The number of rotatable bonds is 6. The van der Waals surface area contributed by atoms with Crippen LogP contribution in [0.15, 0.2) is 89.8 Å². The Hall–Kier alpha value is -4.28. The maximum atomic E-state index is 14.1. The quantitative estimate of drug-likeness (QED) is 0.345. The van der Waals surface area contributed by atoms with Gasteiger partial charge in [-0.3, -0.25) is 9.59 Å². The van der Waals surface area contributed by atoms with Crippen LogP contribution in [0.3, 0.4) is 0 Å². The van der Waals surface area contributed by atoms with Gasteiger partial charge in [0.15, 0.2) is 11.5 Å². The number of hydrogen-bond donors (Lipinski definition) is 0. The minimum Gasteiger partial charge on any atom is -0.454 e. The number of sulfonamides is 1. The van der Waals surface area contributed by atoms with Crippen LogP contribution < -0.4 is 14.4 Å². The Morgan fingerprint density at radius 3 is 2.39 bits per heavy atom. The standard InChI is InChI=1S/C28H21FN2O6S/c29-21-7-9-22(10-8-21)31-27(32)15-24(28(31)33)30(16-18-5-12-25-26(13-18)37-17-36-25)38(34,35)23-11-6-19-3-1-2-4-20(19)14-23/h1-14,24H,15-17H2. The van der Waals surface area contributed by atoms with Crippen LogP contribution in [0, 0.1) is 5.82 Å². The maximum Gasteiger partial charge on any atom is 0.252 e. The van der Waals surface area contributed by atoms with Crippen molar-refractivity contribution >= 4 is 38.3 Å². The Labute approximate surface area is 217 Å². The molecule has 0 aromatic heterocycles. The molecule has 0 saturated carbocycles. The molecule has 1 unspecified atom stereocenters. The smallest absolute Gasteiger partial charge is 0.252 e. The van der Waals surface area contributed by atoms with E-state index in [9.17, 15) is 22.4 Å². The van der Waals surface area contributed by atoms with Crippen molar-refractivity contribution in [2.45, 2.75) is 23.9 Å². The molecule has 2 amide bonds. The number of amides is 2. The summed E-state index contributed by atoms with van der Waals surface area (Å²) in [6, 6.07) is 20.7. The predicted molar refractivity (Wildman–Crippen MR) is 137 cm³/mol. The molecule has 4 aromatic rings. The Kier molecular flexibility index (Phi) is 5.85. The van der Waals surface area contributed by atoms with E-state index < -0.39 is 33.7 Å². The minimum absolute atomic E-state index is 0.00238. The first-order valence-corrected chi connectivity index (χ1v) is 13.3. The lowest BCUT2D eigenvalue weighted by molar-refractivity contribution is -0.122. The molecule has 1 fully saturated rings. The number of anilines is 1. The highest BCUT2D eigenvalue weighted by Crippen LogP contribution is 2.35. The van der Waals surface area contributed by atoms with Gasteiger partial charge in [-0.1, -0.05) is 36.4 Å². The van der Waals surface area contributed by atoms with Crippen LogP contribution in [0.25, 0.3) is 10.8 Å². The Balaban J connectivity index is 1.42. The molecule has 2 aliphatic rings. The average Bonchev–Trinajstić information content (AvgIpc) is 3.50. The van der Waals surface area contributed by atoms with Crippen molar-refractivity contribution in [1.29, 1.82) is 0 Å². The van der Waals surface area contributed by atoms with Crippen molar-refractivity contribution in [3.05, 3.63) is 96.3 Å². The van der Waals surface area contributed by atoms with E-state index in [1.54, 1.807) is 36.4 Å². The van der Waals surface area contributed by atoms with Crippen LogP contribution in [0.2, 0.25) is 0 Å². The summed E-state index contributed by atoms with van der Waals surface area (Å²) in [6.07, 6.45) is -0.354. The first-order valence-electron chi connectivity index (χ1n) is 11.8. The molecule has 38 heavy (non-hydrogen) atoms. The van der Waals surface area contributed by atoms with E-state index in [1.807, 2.05) is 18.2 Å². The number of fused-ring (bicyclic) bond motifs is 2. The Morgan fingerprint density at radius 1 is 0.868 bits per heavy atom. The average molecular weight is 533 g/mol. The molecule has 4 aromatic carbocycles. The maximum absolute atomic E-state index is 14.1. The van der Waals surface area contributed by atoms with Gasteiger partial charge in [0.25, 0.3) is 5.91 Å². The molecule has 2 heterocycles. The third-order valence-electron chi connectivity index (χ3n) is 6.66. The van der Waals surface area contributed by atoms with Gasteiger partial charge in [-0.2, -0.15) is 4.31 Å². The van der Waals surface area contributed by atoms with Gasteiger partial charge in [-0.05, 0) is 64.9 Å². The number of carbonyl (C=O) groups is 2. The fourth-order valence-corrected chi connectivity index (χ4v) is 6.35. The van der Waals surface area contributed by atoms with Crippen LogP contribution in [-0.4, -0.2) is 37.4 Å². The van der Waals surface area contributed by atoms with Gasteiger partial charge in [0.05, 0.1) is 17.0 Å². The highest BCUT2D eigenvalue weighted by atomic mass is 32.2. The molecule has 8 nitrogen and oxygen atoms in total. The van der Waals surface area contributed by atoms with Gasteiger partial charge in [-0.15, -0.1) is 0 Å². The lowest BCUT2D eigenvalue weighted by Crippen LogP contribution is -2.45. The molecule has 1 saturated heterocycles. The van der Waals surface area contributed by atoms with Gasteiger partial charge < -0.3 is 9.47 Å². The van der Waals surface area contributed by atoms with Crippen molar-refractivity contribution in [1.82, 2.24) is 4.31 Å². The first-order chi connectivity index (χ1) is 18.3. The van der Waals surface area contributed by atoms with Crippen molar-refractivity contribution in [2.24, 2.45) is 0 Å². The summed E-state index contributed by atoms with van der Waals surface area (Å²) >= 11 is 0. The van der Waals surface area contributed by atoms with E-state index in [0.29, 0.717) is 17.1 Å². The minimum atomic E-state index is -4.26. The molecular formula is C28H21FN2O6S. The number of carbonyl (C=O) groups excluding carboxylic acids is 2. The highest BCUT2D eigenvalue weighted by Gasteiger charge is 2.47. The molecule has 0 N–H and O–H groups in total. The second kappa shape index (κ2) is 9.23. The van der Waals surface area contributed by atoms with Crippen LogP contribution >= 0.6 is 0 Å². The van der Waals surface area contributed by atoms with E-state index in [0.717, 1.165) is 32.1 Å². The third-order valence-corrected chi connectivity index (χ3v) is 8.51. The fourth-order valence-electron chi connectivity index (χ4n) is 4.75. The van der Waals surface area contributed by atoms with E-state index in [1.165, 1.54) is 18.2 Å². The monoisotopic (exact) mass is 532 g/mol. The molecule has 10 heteroatoms. The predicted octanol–water partition coefficient (Wildman–Crippen LogP) is 4.23. The van der Waals surface area contributed by atoms with Gasteiger partial charge >= 0.3 is 0 Å². The fraction of sp³-hybridized carbons (Fsp3) is 0.143. The van der Waals surface area contributed by atoms with Crippen molar-refractivity contribution in [3.8, 4) is 11.5 Å². The summed E-state index contributed by atoms with van der Waals surface area (Å²) in [5, 5.41) is 1.58. The van der Waals surface area contributed by atoms with Crippen LogP contribution in [0.1, 0.15) is 12.0 Å². The third kappa shape index (κ3) is 4.17. The summed E-state index contributed by atoms with van der Waals surface area (Å²) in [7, 11) is -4.26. The molecule has 0 spiro atoms. The zero-order valence-electron chi connectivity index (χ0n) is 19.9. The zero-order valence-corrected chi connectivity index (χ0v) is 20.7. The molecule has 6 rings (SSSR count). The number of hydrogen-bond acceptors (Lipinski definition) is 6. The molecule has 192 valence electrons. The van der Waals surface area contributed by atoms with E-state index in [-0.39, 0.29) is 30.3 Å². The summed E-state index contributed by atoms with van der Waals surface area (Å²) in [6.45, 7) is -0.132. The Bertz CT molecular complexity index is 1690. The molecule has 0 bridgehead atoms. The number of ether oxygens (including phenoxy) is 2. The van der Waals surface area contributed by atoms with Crippen molar-refractivity contribution < 1.29 is 31.9 Å². The highest BCUT2D eigenvalue weighted by molar-refractivity contribution is 7.89. The number of halogens is 1. The first kappa shape index (κ1) is 24.1. The van der Waals surface area contributed by atoms with Gasteiger partial charge in [0.1, 0.15) is 11.9 Å². The topological polar surface area (TPSA) is 93.2 Å². The van der Waals surface area contributed by atoms with Crippen LogP contribution in [0.4, 0.5) is 10.1 Å². The second-order valence-electron chi connectivity index (χ2n) is 9.01. The molecular weight excluding hydrogens is 511 g/mol. The molecule has 0 radical (unpaired) electrons. The van der Waals surface area contributed by atoms with E-state index in [2.05, 4.69) is 0 Å². The molecule has 1 atom stereocenters. The SMILES string of the molecule is O=C1CC(N(Cc2ccc3c(c2)OCO3)S(=O)(=O)c2ccc3ccccc3c2)C(=O)N1c1ccc(F)cc1. The van der Waals surface area contributed by atoms with Crippen molar-refractivity contribution in [3.63, 3.8) is 0 Å². The van der Waals surface area contributed by atoms with Crippen LogP contribution in [0.5, 0.6) is 11.5 Å². The summed E-state index contributed by atoms with van der Waals surface area (Å²) < 4.78 is 53.5. The summed E-state index contributed by atoms with van der Waals surface area (Å²) in [5.41, 5.74) is 0.731. The van der Waals surface area contributed by atoms with Gasteiger partial charge in [0, 0.05) is 6.54 Å². The number of imide groups is 1. The number of benzene rings is 4. The van der Waals surface area contributed by atoms with Crippen LogP contribution in [-0.2, 0) is 26.2 Å². The van der Waals surface area contributed by atoms with Gasteiger partial charge in [0.2, 0.25) is 22.7 Å². The van der Waals surface area contributed by atoms with E-state index in [4.69, 9.17) is 9.47 Å². The van der Waals surface area contributed by atoms with E-state index >= 15 is 0 Å². The second-order valence-corrected chi connectivity index (χ2v) is 10.9. The number of nitrogens with zero attached hydrogens (tertiary/aromatic N) is 2. The lowest BCUT2D eigenvalue weighted by Gasteiger charge is -2.27. The van der Waals surface area contributed by atoms with Crippen molar-refractivity contribution in [2.75, 3.05) is 11.7 Å². The summed E-state index contributed by atoms with van der Waals surface area (Å²) in [5.74, 6) is -0.796. The lowest BCUT2D eigenvalue weighted by atomic mass is 10.1. The van der Waals surface area contributed by atoms with Gasteiger partial charge in [-0.25, -0.2) is 17.7 Å². The summed E-state index contributed by atoms with van der Waals surface area (Å²) in [4.78, 5) is 27.5. The largest absolute Gasteiger partial charge is 0.454 e. The molecule has 0 aliphatic carbocycles. The zero-order chi connectivity index (χ0) is 26.4. The Morgan fingerprint density at radius 2 is 1.61 bits per heavy atom. The molecule has 2 aliphatic heterocycles.